The first-order valence-corrected chi connectivity index (χ1v) is 8.16. The number of carbonyl (C=O) groups excluding carboxylic acids is 1. The van der Waals surface area contributed by atoms with Crippen molar-refractivity contribution in [1.29, 1.82) is 0 Å². The number of nitrogens with zero attached hydrogens (tertiary/aromatic N) is 2. The van der Waals surface area contributed by atoms with Gasteiger partial charge in [-0.3, -0.25) is 4.79 Å². The van der Waals surface area contributed by atoms with Crippen LogP contribution in [0, 0.1) is 18.7 Å². The van der Waals surface area contributed by atoms with Crippen molar-refractivity contribution in [2.24, 2.45) is 5.92 Å². The van der Waals surface area contributed by atoms with Gasteiger partial charge in [0.1, 0.15) is 5.82 Å². The van der Waals surface area contributed by atoms with Crippen LogP contribution in [-0.4, -0.2) is 21.7 Å². The van der Waals surface area contributed by atoms with Crippen LogP contribution < -0.4 is 5.32 Å². The molecule has 0 bridgehead atoms. The van der Waals surface area contributed by atoms with E-state index in [-0.39, 0.29) is 17.8 Å². The van der Waals surface area contributed by atoms with Gasteiger partial charge in [0.25, 0.3) is 5.91 Å². The number of carbonyl (C=O) groups is 1. The summed E-state index contributed by atoms with van der Waals surface area (Å²) in [7, 11) is 0. The fourth-order valence-corrected chi connectivity index (χ4v) is 3.30. The van der Waals surface area contributed by atoms with Gasteiger partial charge in [-0.05, 0) is 49.9 Å². The summed E-state index contributed by atoms with van der Waals surface area (Å²) >= 11 is 0. The Morgan fingerprint density at radius 1 is 1.30 bits per heavy atom. The molecule has 122 valence electrons. The summed E-state index contributed by atoms with van der Waals surface area (Å²) in [6.07, 6.45) is 6.08. The lowest BCUT2D eigenvalue weighted by Crippen LogP contribution is -2.38. The zero-order valence-electron chi connectivity index (χ0n) is 13.6. The third-order valence-corrected chi connectivity index (χ3v) is 4.60. The molecule has 23 heavy (non-hydrogen) atoms. The highest BCUT2D eigenvalue weighted by atomic mass is 19.1. The van der Waals surface area contributed by atoms with Crippen LogP contribution in [0.15, 0.2) is 30.5 Å². The molecular formula is C18H22FN3O. The van der Waals surface area contributed by atoms with Gasteiger partial charge in [0.15, 0.2) is 0 Å². The van der Waals surface area contributed by atoms with Crippen LogP contribution in [0.5, 0.6) is 0 Å². The van der Waals surface area contributed by atoms with Gasteiger partial charge < -0.3 is 5.32 Å². The fraction of sp³-hybridized carbons (Fsp3) is 0.444. The monoisotopic (exact) mass is 315 g/mol. The number of hydrogen-bond acceptors (Lipinski definition) is 2. The van der Waals surface area contributed by atoms with Crippen molar-refractivity contribution in [2.45, 2.75) is 45.6 Å². The number of rotatable bonds is 3. The van der Waals surface area contributed by atoms with Gasteiger partial charge in [0.2, 0.25) is 0 Å². The van der Waals surface area contributed by atoms with Crippen LogP contribution in [-0.2, 0) is 0 Å². The van der Waals surface area contributed by atoms with E-state index < -0.39 is 0 Å². The molecule has 0 spiro atoms. The molecule has 1 aromatic carbocycles. The summed E-state index contributed by atoms with van der Waals surface area (Å²) < 4.78 is 14.7. The summed E-state index contributed by atoms with van der Waals surface area (Å²) in [5, 5.41) is 7.41. The topological polar surface area (TPSA) is 46.9 Å². The van der Waals surface area contributed by atoms with Gasteiger partial charge >= 0.3 is 0 Å². The molecule has 0 radical (unpaired) electrons. The number of hydrogen-bond donors (Lipinski definition) is 1. The first-order valence-electron chi connectivity index (χ1n) is 8.16. The molecular weight excluding hydrogens is 293 g/mol. The van der Waals surface area contributed by atoms with Gasteiger partial charge in [-0.25, -0.2) is 9.07 Å². The molecule has 4 nitrogen and oxygen atoms in total. The molecule has 1 saturated carbocycles. The second-order valence-corrected chi connectivity index (χ2v) is 6.47. The highest BCUT2D eigenvalue weighted by molar-refractivity contribution is 5.95. The molecule has 0 saturated heterocycles. The van der Waals surface area contributed by atoms with E-state index in [1.54, 1.807) is 23.0 Å². The average molecular weight is 315 g/mol. The maximum Gasteiger partial charge on any atom is 0.254 e. The lowest BCUT2D eigenvalue weighted by molar-refractivity contribution is 0.0920. The average Bonchev–Trinajstić information content (AvgIpc) is 2.90. The molecule has 1 amide bonds. The van der Waals surface area contributed by atoms with E-state index in [0.29, 0.717) is 11.5 Å². The Morgan fingerprint density at radius 2 is 2.04 bits per heavy atom. The van der Waals surface area contributed by atoms with Crippen molar-refractivity contribution in [3.8, 4) is 5.69 Å². The minimum atomic E-state index is -0.289. The molecule has 2 aromatic rings. The van der Waals surface area contributed by atoms with E-state index in [1.807, 2.05) is 6.92 Å². The second-order valence-electron chi connectivity index (χ2n) is 6.47. The molecule has 3 rings (SSSR count). The van der Waals surface area contributed by atoms with Gasteiger partial charge in [-0.15, -0.1) is 0 Å². The van der Waals surface area contributed by atoms with Crippen molar-refractivity contribution in [3.05, 3.63) is 47.5 Å². The zero-order valence-corrected chi connectivity index (χ0v) is 13.6. The van der Waals surface area contributed by atoms with Crippen LogP contribution in [0.2, 0.25) is 0 Å². The third kappa shape index (κ3) is 3.44. The number of benzene rings is 1. The molecule has 1 N–H and O–H groups in total. The number of halogens is 1. The molecule has 1 aromatic heterocycles. The number of nitrogens with one attached hydrogen (secondary N) is 1. The highest BCUT2D eigenvalue weighted by Crippen LogP contribution is 2.24. The van der Waals surface area contributed by atoms with E-state index in [2.05, 4.69) is 17.3 Å². The van der Waals surface area contributed by atoms with Gasteiger partial charge in [0.05, 0.1) is 23.1 Å². The predicted octanol–water partition coefficient (Wildman–Crippen LogP) is 3.63. The summed E-state index contributed by atoms with van der Waals surface area (Å²) in [5.74, 6) is 0.301. The zero-order chi connectivity index (χ0) is 16.4. The Kier molecular flexibility index (Phi) is 4.46. The Bertz CT molecular complexity index is 693. The van der Waals surface area contributed by atoms with Gasteiger partial charge in [-0.2, -0.15) is 5.10 Å². The third-order valence-electron chi connectivity index (χ3n) is 4.60. The van der Waals surface area contributed by atoms with E-state index in [9.17, 15) is 9.18 Å². The SMILES string of the molecule is Cc1c(C(=O)NC2CCCC(C)C2)cnn1-c1ccc(F)cc1. The van der Waals surface area contributed by atoms with Crippen LogP contribution in [0.25, 0.3) is 5.69 Å². The summed E-state index contributed by atoms with van der Waals surface area (Å²) in [6.45, 7) is 4.09. The first-order chi connectivity index (χ1) is 11.0. The molecule has 1 aliphatic carbocycles. The highest BCUT2D eigenvalue weighted by Gasteiger charge is 2.23. The number of amides is 1. The fourth-order valence-electron chi connectivity index (χ4n) is 3.30. The molecule has 0 aliphatic heterocycles. The quantitative estimate of drug-likeness (QED) is 0.940. The Morgan fingerprint density at radius 3 is 2.74 bits per heavy atom. The largest absolute Gasteiger partial charge is 0.349 e. The molecule has 1 heterocycles. The molecule has 2 unspecified atom stereocenters. The minimum Gasteiger partial charge on any atom is -0.349 e. The maximum atomic E-state index is 13.0. The van der Waals surface area contributed by atoms with Crippen LogP contribution in [0.4, 0.5) is 4.39 Å². The summed E-state index contributed by atoms with van der Waals surface area (Å²) in [6, 6.07) is 6.33. The van der Waals surface area contributed by atoms with Crippen molar-refractivity contribution in [2.75, 3.05) is 0 Å². The predicted molar refractivity (Wildman–Crippen MR) is 87.1 cm³/mol. The Hall–Kier alpha value is -2.17. The lowest BCUT2D eigenvalue weighted by atomic mass is 9.87. The van der Waals surface area contributed by atoms with Crippen LogP contribution in [0.1, 0.15) is 48.7 Å². The molecule has 2 atom stereocenters. The minimum absolute atomic E-state index is 0.0741. The van der Waals surface area contributed by atoms with Crippen LogP contribution >= 0.6 is 0 Å². The summed E-state index contributed by atoms with van der Waals surface area (Å²) in [4.78, 5) is 12.5. The number of aromatic nitrogens is 2. The smallest absolute Gasteiger partial charge is 0.254 e. The maximum absolute atomic E-state index is 13.0. The lowest BCUT2D eigenvalue weighted by Gasteiger charge is -2.27. The van der Waals surface area contributed by atoms with Crippen molar-refractivity contribution in [1.82, 2.24) is 15.1 Å². The molecule has 5 heteroatoms. The van der Waals surface area contributed by atoms with E-state index in [4.69, 9.17) is 0 Å². The van der Waals surface area contributed by atoms with E-state index in [0.717, 1.165) is 24.2 Å². The Labute approximate surface area is 135 Å². The van der Waals surface area contributed by atoms with E-state index in [1.165, 1.54) is 25.0 Å². The normalized spacial score (nSPS) is 21.2. The van der Waals surface area contributed by atoms with Crippen LogP contribution in [0.3, 0.4) is 0 Å². The van der Waals surface area contributed by atoms with Gasteiger partial charge in [-0.1, -0.05) is 19.8 Å². The van der Waals surface area contributed by atoms with Crippen molar-refractivity contribution in [3.63, 3.8) is 0 Å². The Balaban J connectivity index is 1.75. The van der Waals surface area contributed by atoms with E-state index >= 15 is 0 Å². The standard InChI is InChI=1S/C18H22FN3O/c1-12-4-3-5-15(10-12)21-18(23)17-11-20-22(13(17)2)16-8-6-14(19)7-9-16/h6-9,11-12,15H,3-5,10H2,1-2H3,(H,21,23). The van der Waals surface area contributed by atoms with Crippen molar-refractivity contribution >= 4 is 5.91 Å². The second kappa shape index (κ2) is 6.52. The molecule has 1 aliphatic rings. The summed E-state index contributed by atoms with van der Waals surface area (Å²) in [5.41, 5.74) is 2.08. The van der Waals surface area contributed by atoms with Gasteiger partial charge in [0, 0.05) is 6.04 Å². The molecule has 1 fully saturated rings. The van der Waals surface area contributed by atoms with Crippen molar-refractivity contribution < 1.29 is 9.18 Å². The first kappa shape index (κ1) is 15.7.